The minimum atomic E-state index is -0.503. The van der Waals surface area contributed by atoms with E-state index in [9.17, 15) is 4.79 Å². The lowest BCUT2D eigenvalue weighted by Crippen LogP contribution is -2.37. The molecule has 2 aromatic rings. The molecule has 138 valence electrons. The summed E-state index contributed by atoms with van der Waals surface area (Å²) in [6, 6.07) is 14.0. The van der Waals surface area contributed by atoms with Gasteiger partial charge in [0.15, 0.2) is 6.10 Å². The van der Waals surface area contributed by atoms with Gasteiger partial charge in [-0.3, -0.25) is 4.79 Å². The van der Waals surface area contributed by atoms with Crippen molar-refractivity contribution in [2.45, 2.75) is 51.6 Å². The van der Waals surface area contributed by atoms with Gasteiger partial charge in [-0.25, -0.2) is 0 Å². The number of halogens is 1. The Morgan fingerprint density at radius 3 is 2.73 bits per heavy atom. The van der Waals surface area contributed by atoms with Crippen LogP contribution in [0.1, 0.15) is 42.9 Å². The highest BCUT2D eigenvalue weighted by molar-refractivity contribution is 6.31. The van der Waals surface area contributed by atoms with Crippen molar-refractivity contribution in [2.75, 3.05) is 6.54 Å². The normalized spacial score (nSPS) is 14.4. The molecule has 1 unspecified atom stereocenters. The van der Waals surface area contributed by atoms with E-state index in [4.69, 9.17) is 16.3 Å². The molecule has 0 saturated heterocycles. The van der Waals surface area contributed by atoms with E-state index in [0.717, 1.165) is 42.0 Å². The van der Waals surface area contributed by atoms with Crippen molar-refractivity contribution in [2.24, 2.45) is 0 Å². The molecule has 0 aromatic heterocycles. The molecule has 4 heteroatoms. The summed E-state index contributed by atoms with van der Waals surface area (Å²) >= 11 is 6.15. The molecule has 26 heavy (non-hydrogen) atoms. The number of ether oxygens (including phenoxy) is 1. The summed E-state index contributed by atoms with van der Waals surface area (Å²) in [5, 5.41) is 3.73. The number of hydrogen-bond donors (Lipinski definition) is 1. The predicted octanol–water partition coefficient (Wildman–Crippen LogP) is 4.74. The number of carbonyl (C=O) groups is 1. The molecule has 0 heterocycles. The van der Waals surface area contributed by atoms with Gasteiger partial charge >= 0.3 is 0 Å². The molecule has 0 fully saturated rings. The number of fused-ring (bicyclic) bond motifs is 1. The third-order valence-corrected chi connectivity index (χ3v) is 5.25. The van der Waals surface area contributed by atoms with Gasteiger partial charge in [-0.2, -0.15) is 0 Å². The van der Waals surface area contributed by atoms with Gasteiger partial charge < -0.3 is 10.1 Å². The van der Waals surface area contributed by atoms with Crippen LogP contribution in [0.25, 0.3) is 0 Å². The van der Waals surface area contributed by atoms with Gasteiger partial charge in [0, 0.05) is 11.6 Å². The largest absolute Gasteiger partial charge is 0.481 e. The van der Waals surface area contributed by atoms with E-state index in [1.165, 1.54) is 24.0 Å². The molecule has 1 amide bonds. The maximum absolute atomic E-state index is 12.3. The second-order valence-corrected chi connectivity index (χ2v) is 7.29. The average Bonchev–Trinajstić information content (AvgIpc) is 2.66. The monoisotopic (exact) mass is 371 g/mol. The summed E-state index contributed by atoms with van der Waals surface area (Å²) < 4.78 is 5.84. The Hall–Kier alpha value is -2.00. The Kier molecular flexibility index (Phi) is 6.56. The summed E-state index contributed by atoms with van der Waals surface area (Å²) in [5.74, 6) is 0.700. The van der Waals surface area contributed by atoms with E-state index in [1.807, 2.05) is 30.3 Å². The molecule has 1 aliphatic carbocycles. The van der Waals surface area contributed by atoms with Crippen LogP contribution in [-0.4, -0.2) is 18.6 Å². The van der Waals surface area contributed by atoms with Crippen LogP contribution in [0.15, 0.2) is 42.5 Å². The van der Waals surface area contributed by atoms with Gasteiger partial charge in [-0.05, 0) is 80.3 Å². The van der Waals surface area contributed by atoms with Crippen molar-refractivity contribution < 1.29 is 9.53 Å². The lowest BCUT2D eigenvalue weighted by atomic mass is 9.92. The second kappa shape index (κ2) is 9.09. The predicted molar refractivity (Wildman–Crippen MR) is 106 cm³/mol. The van der Waals surface area contributed by atoms with Crippen molar-refractivity contribution in [3.8, 4) is 5.75 Å². The molecular formula is C22H26ClNO2. The van der Waals surface area contributed by atoms with Crippen LogP contribution in [-0.2, 0) is 24.1 Å². The molecule has 1 N–H and O–H groups in total. The maximum Gasteiger partial charge on any atom is 0.260 e. The van der Waals surface area contributed by atoms with Crippen LogP contribution in [0.5, 0.6) is 5.75 Å². The maximum atomic E-state index is 12.3. The number of hydrogen-bond acceptors (Lipinski definition) is 2. The van der Waals surface area contributed by atoms with Crippen LogP contribution < -0.4 is 10.1 Å². The smallest absolute Gasteiger partial charge is 0.260 e. The van der Waals surface area contributed by atoms with Crippen LogP contribution in [0.2, 0.25) is 5.02 Å². The second-order valence-electron chi connectivity index (χ2n) is 6.88. The summed E-state index contributed by atoms with van der Waals surface area (Å²) in [6.45, 7) is 2.41. The van der Waals surface area contributed by atoms with Gasteiger partial charge in [-0.1, -0.05) is 35.9 Å². The molecule has 2 aromatic carbocycles. The SMILES string of the molecule is CC(Oc1ccc2c(c1)CCCC2)C(=O)NCCCc1ccccc1Cl. The minimum Gasteiger partial charge on any atom is -0.481 e. The molecular weight excluding hydrogens is 346 g/mol. The zero-order valence-electron chi connectivity index (χ0n) is 15.3. The number of benzene rings is 2. The van der Waals surface area contributed by atoms with Crippen LogP contribution in [0, 0.1) is 0 Å². The molecule has 0 spiro atoms. The van der Waals surface area contributed by atoms with Crippen molar-refractivity contribution in [1.29, 1.82) is 0 Å². The molecule has 0 bridgehead atoms. The van der Waals surface area contributed by atoms with Crippen LogP contribution in [0.3, 0.4) is 0 Å². The quantitative estimate of drug-likeness (QED) is 0.714. The van der Waals surface area contributed by atoms with Gasteiger partial charge in [0.2, 0.25) is 0 Å². The molecule has 3 rings (SSSR count). The zero-order valence-corrected chi connectivity index (χ0v) is 16.0. The third-order valence-electron chi connectivity index (χ3n) is 4.88. The number of nitrogens with one attached hydrogen (secondary N) is 1. The van der Waals surface area contributed by atoms with Gasteiger partial charge in [0.25, 0.3) is 5.91 Å². The first-order chi connectivity index (χ1) is 12.6. The first-order valence-electron chi connectivity index (χ1n) is 9.43. The van der Waals surface area contributed by atoms with Gasteiger partial charge in [0.1, 0.15) is 5.75 Å². The average molecular weight is 372 g/mol. The Bertz CT molecular complexity index is 760. The highest BCUT2D eigenvalue weighted by atomic mass is 35.5. The molecule has 0 aliphatic heterocycles. The number of rotatable bonds is 7. The third kappa shape index (κ3) is 5.01. The van der Waals surface area contributed by atoms with Crippen molar-refractivity contribution in [3.63, 3.8) is 0 Å². The molecule has 1 aliphatic rings. The van der Waals surface area contributed by atoms with E-state index in [0.29, 0.717) is 6.54 Å². The fourth-order valence-electron chi connectivity index (χ4n) is 3.38. The Morgan fingerprint density at radius 1 is 1.15 bits per heavy atom. The van der Waals surface area contributed by atoms with E-state index < -0.39 is 6.10 Å². The lowest BCUT2D eigenvalue weighted by molar-refractivity contribution is -0.127. The Balaban J connectivity index is 1.44. The van der Waals surface area contributed by atoms with Crippen molar-refractivity contribution in [3.05, 3.63) is 64.2 Å². The Labute approximate surface area is 160 Å². The van der Waals surface area contributed by atoms with E-state index >= 15 is 0 Å². The Morgan fingerprint density at radius 2 is 1.92 bits per heavy atom. The van der Waals surface area contributed by atoms with Gasteiger partial charge in [-0.15, -0.1) is 0 Å². The first-order valence-corrected chi connectivity index (χ1v) is 9.81. The van der Waals surface area contributed by atoms with E-state index in [2.05, 4.69) is 17.4 Å². The number of amides is 1. The highest BCUT2D eigenvalue weighted by Gasteiger charge is 2.16. The number of aryl methyl sites for hydroxylation is 3. The van der Waals surface area contributed by atoms with E-state index in [-0.39, 0.29) is 5.91 Å². The van der Waals surface area contributed by atoms with Crippen LogP contribution in [0.4, 0.5) is 0 Å². The topological polar surface area (TPSA) is 38.3 Å². The standard InChI is InChI=1S/C22H26ClNO2/c1-16(26-20-13-12-17-7-2-3-9-19(17)15-20)22(25)24-14-6-10-18-8-4-5-11-21(18)23/h4-5,8,11-13,15-16H,2-3,6-7,9-10,14H2,1H3,(H,24,25). The minimum absolute atomic E-state index is 0.0816. The fraction of sp³-hybridized carbons (Fsp3) is 0.409. The first kappa shape index (κ1) is 18.8. The van der Waals surface area contributed by atoms with E-state index in [1.54, 1.807) is 6.92 Å². The number of carbonyl (C=O) groups excluding carboxylic acids is 1. The van der Waals surface area contributed by atoms with Gasteiger partial charge in [0.05, 0.1) is 0 Å². The summed E-state index contributed by atoms with van der Waals surface area (Å²) in [7, 11) is 0. The molecule has 0 saturated carbocycles. The fourth-order valence-corrected chi connectivity index (χ4v) is 3.61. The molecule has 0 radical (unpaired) electrons. The zero-order chi connectivity index (χ0) is 18.4. The molecule has 1 atom stereocenters. The van der Waals surface area contributed by atoms with Crippen molar-refractivity contribution >= 4 is 17.5 Å². The summed E-state index contributed by atoms with van der Waals surface area (Å²) in [6.07, 6.45) is 5.95. The molecule has 3 nitrogen and oxygen atoms in total. The van der Waals surface area contributed by atoms with Crippen molar-refractivity contribution in [1.82, 2.24) is 5.32 Å². The summed E-state index contributed by atoms with van der Waals surface area (Å²) in [4.78, 5) is 12.3. The highest BCUT2D eigenvalue weighted by Crippen LogP contribution is 2.25. The van der Waals surface area contributed by atoms with Crippen LogP contribution >= 0.6 is 11.6 Å². The summed E-state index contributed by atoms with van der Waals surface area (Å²) in [5.41, 5.74) is 3.89. The lowest BCUT2D eigenvalue weighted by Gasteiger charge is -2.19.